The molecule has 1 atom stereocenters. The highest BCUT2D eigenvalue weighted by Gasteiger charge is 2.43. The zero-order valence-corrected chi connectivity index (χ0v) is 13.4. The molecule has 1 aliphatic heterocycles. The lowest BCUT2D eigenvalue weighted by Gasteiger charge is -2.49. The Morgan fingerprint density at radius 2 is 1.89 bits per heavy atom. The molecule has 0 aromatic heterocycles. The topological polar surface area (TPSA) is 15.3 Å². The number of rotatable bonds is 6. The Hall–Kier alpha value is -0.0800. The summed E-state index contributed by atoms with van der Waals surface area (Å²) in [6.45, 7) is 10.9. The van der Waals surface area contributed by atoms with Crippen molar-refractivity contribution in [2.45, 2.75) is 83.7 Å². The first-order chi connectivity index (χ1) is 9.18. The van der Waals surface area contributed by atoms with Gasteiger partial charge in [0, 0.05) is 24.7 Å². The van der Waals surface area contributed by atoms with E-state index in [4.69, 9.17) is 0 Å². The SMILES string of the molecule is CCCCCCN1CC(C(C)C)NCC12CCCC2. The maximum Gasteiger partial charge on any atom is 0.0334 e. The van der Waals surface area contributed by atoms with E-state index in [9.17, 15) is 0 Å². The van der Waals surface area contributed by atoms with Crippen molar-refractivity contribution in [1.82, 2.24) is 10.2 Å². The van der Waals surface area contributed by atoms with E-state index >= 15 is 0 Å². The van der Waals surface area contributed by atoms with Crippen molar-refractivity contribution < 1.29 is 0 Å². The second-order valence-electron chi connectivity index (χ2n) is 7.17. The summed E-state index contributed by atoms with van der Waals surface area (Å²) >= 11 is 0. The first-order valence-corrected chi connectivity index (χ1v) is 8.66. The molecule has 0 amide bonds. The Labute approximate surface area is 120 Å². The van der Waals surface area contributed by atoms with Crippen LogP contribution < -0.4 is 5.32 Å². The fraction of sp³-hybridized carbons (Fsp3) is 1.00. The second-order valence-corrected chi connectivity index (χ2v) is 7.17. The van der Waals surface area contributed by atoms with Crippen molar-refractivity contribution in [2.24, 2.45) is 5.92 Å². The Morgan fingerprint density at radius 1 is 1.16 bits per heavy atom. The van der Waals surface area contributed by atoms with Crippen LogP contribution in [0.3, 0.4) is 0 Å². The maximum atomic E-state index is 3.84. The summed E-state index contributed by atoms with van der Waals surface area (Å²) in [5.74, 6) is 0.761. The first kappa shape index (κ1) is 15.3. The smallest absolute Gasteiger partial charge is 0.0334 e. The van der Waals surface area contributed by atoms with Crippen LogP contribution >= 0.6 is 0 Å². The van der Waals surface area contributed by atoms with Crippen molar-refractivity contribution in [3.8, 4) is 0 Å². The average Bonchev–Trinajstić information content (AvgIpc) is 2.86. The van der Waals surface area contributed by atoms with Crippen LogP contribution in [0.1, 0.15) is 72.1 Å². The van der Waals surface area contributed by atoms with Gasteiger partial charge in [0.2, 0.25) is 0 Å². The van der Waals surface area contributed by atoms with Crippen molar-refractivity contribution in [3.63, 3.8) is 0 Å². The van der Waals surface area contributed by atoms with Crippen molar-refractivity contribution in [1.29, 1.82) is 0 Å². The second kappa shape index (κ2) is 7.08. The van der Waals surface area contributed by atoms with Gasteiger partial charge in [0.05, 0.1) is 0 Å². The fourth-order valence-corrected chi connectivity index (χ4v) is 3.96. The summed E-state index contributed by atoms with van der Waals surface area (Å²) < 4.78 is 0. The molecule has 2 nitrogen and oxygen atoms in total. The molecule has 2 aliphatic rings. The number of unbranched alkanes of at least 4 members (excludes halogenated alkanes) is 3. The number of nitrogens with zero attached hydrogens (tertiary/aromatic N) is 1. The lowest BCUT2D eigenvalue weighted by Crippen LogP contribution is -2.64. The summed E-state index contributed by atoms with van der Waals surface area (Å²) in [5, 5.41) is 3.84. The lowest BCUT2D eigenvalue weighted by molar-refractivity contribution is 0.0316. The van der Waals surface area contributed by atoms with Gasteiger partial charge in [-0.1, -0.05) is 52.9 Å². The van der Waals surface area contributed by atoms with E-state index in [2.05, 4.69) is 31.0 Å². The Morgan fingerprint density at radius 3 is 2.53 bits per heavy atom. The number of hydrogen-bond donors (Lipinski definition) is 1. The summed E-state index contributed by atoms with van der Waals surface area (Å²) in [6.07, 6.45) is 11.3. The van der Waals surface area contributed by atoms with Crippen LogP contribution in [0, 0.1) is 5.92 Å². The van der Waals surface area contributed by atoms with E-state index in [0.29, 0.717) is 11.6 Å². The van der Waals surface area contributed by atoms with Crippen molar-refractivity contribution in [2.75, 3.05) is 19.6 Å². The molecule has 1 unspecified atom stereocenters. The summed E-state index contributed by atoms with van der Waals surface area (Å²) in [7, 11) is 0. The molecule has 2 rings (SSSR count). The normalized spacial score (nSPS) is 27.5. The van der Waals surface area contributed by atoms with E-state index in [1.54, 1.807) is 0 Å². The van der Waals surface area contributed by atoms with E-state index in [1.165, 1.54) is 71.0 Å². The fourth-order valence-electron chi connectivity index (χ4n) is 3.96. The van der Waals surface area contributed by atoms with Gasteiger partial charge >= 0.3 is 0 Å². The van der Waals surface area contributed by atoms with Crippen LogP contribution in [-0.2, 0) is 0 Å². The van der Waals surface area contributed by atoms with Crippen molar-refractivity contribution >= 4 is 0 Å². The minimum Gasteiger partial charge on any atom is -0.311 e. The van der Waals surface area contributed by atoms with Crippen LogP contribution in [0.4, 0.5) is 0 Å². The molecule has 0 aromatic carbocycles. The van der Waals surface area contributed by atoms with Crippen LogP contribution in [0.15, 0.2) is 0 Å². The zero-order chi connectivity index (χ0) is 13.7. The van der Waals surface area contributed by atoms with E-state index in [0.717, 1.165) is 5.92 Å². The first-order valence-electron chi connectivity index (χ1n) is 8.66. The maximum absolute atomic E-state index is 3.84. The standard InChI is InChI=1S/C17H34N2/c1-4-5-6-9-12-19-13-16(15(2)3)18-14-17(19)10-7-8-11-17/h15-16,18H,4-14H2,1-3H3. The quantitative estimate of drug-likeness (QED) is 0.736. The molecular weight excluding hydrogens is 232 g/mol. The van der Waals surface area contributed by atoms with Gasteiger partial charge in [0.25, 0.3) is 0 Å². The van der Waals surface area contributed by atoms with Gasteiger partial charge in [-0.2, -0.15) is 0 Å². The van der Waals surface area contributed by atoms with Gasteiger partial charge in [-0.05, 0) is 31.7 Å². The van der Waals surface area contributed by atoms with Gasteiger partial charge in [0.15, 0.2) is 0 Å². The molecule has 19 heavy (non-hydrogen) atoms. The van der Waals surface area contributed by atoms with Gasteiger partial charge in [-0.15, -0.1) is 0 Å². The third-order valence-corrected chi connectivity index (χ3v) is 5.40. The molecule has 0 bridgehead atoms. The molecule has 0 radical (unpaired) electrons. The molecule has 1 saturated heterocycles. The van der Waals surface area contributed by atoms with Gasteiger partial charge in [-0.25, -0.2) is 0 Å². The zero-order valence-electron chi connectivity index (χ0n) is 13.4. The van der Waals surface area contributed by atoms with Crippen LogP contribution in [0.5, 0.6) is 0 Å². The van der Waals surface area contributed by atoms with E-state index in [1.807, 2.05) is 0 Å². The Kier molecular flexibility index (Phi) is 5.70. The lowest BCUT2D eigenvalue weighted by atomic mass is 9.88. The summed E-state index contributed by atoms with van der Waals surface area (Å²) in [4.78, 5) is 2.87. The molecule has 0 aromatic rings. The molecular formula is C17H34N2. The van der Waals surface area contributed by atoms with Gasteiger partial charge in [-0.3, -0.25) is 4.90 Å². The molecule has 1 aliphatic carbocycles. The minimum absolute atomic E-state index is 0.525. The third-order valence-electron chi connectivity index (χ3n) is 5.40. The molecule has 1 N–H and O–H groups in total. The highest BCUT2D eigenvalue weighted by atomic mass is 15.3. The molecule has 2 fully saturated rings. The van der Waals surface area contributed by atoms with Crippen LogP contribution in [0.25, 0.3) is 0 Å². The average molecular weight is 266 g/mol. The van der Waals surface area contributed by atoms with Gasteiger partial charge in [0.1, 0.15) is 0 Å². The monoisotopic (exact) mass is 266 g/mol. The Balaban J connectivity index is 1.91. The van der Waals surface area contributed by atoms with Crippen molar-refractivity contribution in [3.05, 3.63) is 0 Å². The molecule has 1 spiro atoms. The predicted octanol–water partition coefficient (Wildman–Crippen LogP) is 3.81. The van der Waals surface area contributed by atoms with Gasteiger partial charge < -0.3 is 5.32 Å². The molecule has 2 heteroatoms. The number of piperazine rings is 1. The van der Waals surface area contributed by atoms with Crippen LogP contribution in [0.2, 0.25) is 0 Å². The number of nitrogens with one attached hydrogen (secondary N) is 1. The van der Waals surface area contributed by atoms with E-state index < -0.39 is 0 Å². The molecule has 1 heterocycles. The summed E-state index contributed by atoms with van der Waals surface area (Å²) in [5.41, 5.74) is 0.525. The number of hydrogen-bond acceptors (Lipinski definition) is 2. The summed E-state index contributed by atoms with van der Waals surface area (Å²) in [6, 6.07) is 0.706. The Bertz CT molecular complexity index is 256. The van der Waals surface area contributed by atoms with Crippen LogP contribution in [-0.4, -0.2) is 36.1 Å². The largest absolute Gasteiger partial charge is 0.311 e. The predicted molar refractivity (Wildman–Crippen MR) is 83.5 cm³/mol. The molecule has 112 valence electrons. The molecule has 1 saturated carbocycles. The third kappa shape index (κ3) is 3.72. The minimum atomic E-state index is 0.525. The van der Waals surface area contributed by atoms with E-state index in [-0.39, 0.29) is 0 Å². The highest BCUT2D eigenvalue weighted by molar-refractivity contribution is 5.02. The highest BCUT2D eigenvalue weighted by Crippen LogP contribution is 2.37.